The van der Waals surface area contributed by atoms with Gasteiger partial charge in [-0.3, -0.25) is 0 Å². The van der Waals surface area contributed by atoms with Crippen LogP contribution < -0.4 is 4.74 Å². The molecule has 0 bridgehead atoms. The number of ether oxygens (including phenoxy) is 1. The van der Waals surface area contributed by atoms with E-state index in [1.54, 1.807) is 6.07 Å². The molecule has 0 radical (unpaired) electrons. The van der Waals surface area contributed by atoms with Crippen LogP contribution in [-0.4, -0.2) is 45.0 Å². The topological polar surface area (TPSA) is 83.9 Å². The van der Waals surface area contributed by atoms with Gasteiger partial charge in [-0.25, -0.2) is 17.5 Å². The number of sulfonamides is 1. The number of carboxylic acids is 1. The predicted molar refractivity (Wildman–Crippen MR) is 78.3 cm³/mol. The van der Waals surface area contributed by atoms with Crippen molar-refractivity contribution in [3.63, 3.8) is 0 Å². The molecule has 0 aliphatic carbocycles. The molecule has 0 aliphatic heterocycles. The van der Waals surface area contributed by atoms with Crippen LogP contribution in [0.3, 0.4) is 0 Å². The lowest BCUT2D eigenvalue weighted by atomic mass is 10.0. The number of carboxylic acid groups (broad SMARTS) is 1. The van der Waals surface area contributed by atoms with E-state index < -0.39 is 16.0 Å². The highest BCUT2D eigenvalue weighted by Crippen LogP contribution is 2.34. The number of fused-ring (bicyclic) bond motifs is 1. The number of methoxy groups -OCH3 is 1. The number of carbonyl (C=O) groups is 1. The minimum atomic E-state index is -3.72. The minimum Gasteiger partial charge on any atom is -0.496 e. The van der Waals surface area contributed by atoms with Crippen LogP contribution in [0.5, 0.6) is 5.75 Å². The van der Waals surface area contributed by atoms with Gasteiger partial charge in [0.2, 0.25) is 10.0 Å². The molecule has 2 aromatic carbocycles. The van der Waals surface area contributed by atoms with E-state index in [1.165, 1.54) is 45.5 Å². The van der Waals surface area contributed by atoms with Crippen molar-refractivity contribution in [3.8, 4) is 5.75 Å². The maximum Gasteiger partial charge on any atom is 0.336 e. The molecule has 0 atom stereocenters. The average Bonchev–Trinajstić information content (AvgIpc) is 2.44. The molecule has 1 N–H and O–H groups in total. The number of aromatic carboxylic acids is 1. The number of benzene rings is 2. The Morgan fingerprint density at radius 3 is 2.38 bits per heavy atom. The molecule has 2 aromatic rings. The SMILES string of the molecule is COc1ccc(C(=O)O)c2cccc(S(=O)(=O)N(C)C)c12. The van der Waals surface area contributed by atoms with Gasteiger partial charge in [0.15, 0.2) is 0 Å². The van der Waals surface area contributed by atoms with Crippen molar-refractivity contribution in [2.24, 2.45) is 0 Å². The molecule has 0 spiro atoms. The maximum atomic E-state index is 12.4. The second-order valence-corrected chi connectivity index (χ2v) is 6.71. The molecule has 0 saturated carbocycles. The van der Waals surface area contributed by atoms with Crippen molar-refractivity contribution in [2.45, 2.75) is 4.90 Å². The van der Waals surface area contributed by atoms with Crippen LogP contribution in [0, 0.1) is 0 Å². The van der Waals surface area contributed by atoms with Gasteiger partial charge >= 0.3 is 5.97 Å². The first-order chi connectivity index (χ1) is 9.80. The van der Waals surface area contributed by atoms with Crippen LogP contribution in [0.4, 0.5) is 0 Å². The van der Waals surface area contributed by atoms with Crippen LogP contribution in [0.1, 0.15) is 10.4 Å². The number of hydrogen-bond donors (Lipinski definition) is 1. The van der Waals surface area contributed by atoms with E-state index in [0.29, 0.717) is 11.1 Å². The van der Waals surface area contributed by atoms with Crippen LogP contribution >= 0.6 is 0 Å². The first kappa shape index (κ1) is 15.3. The fourth-order valence-corrected chi connectivity index (χ4v) is 3.22. The van der Waals surface area contributed by atoms with Crippen molar-refractivity contribution in [1.29, 1.82) is 0 Å². The average molecular weight is 309 g/mol. The number of rotatable bonds is 4. The monoisotopic (exact) mass is 309 g/mol. The second kappa shape index (κ2) is 5.34. The molecule has 0 fully saturated rings. The first-order valence-electron chi connectivity index (χ1n) is 6.06. The standard InChI is InChI=1S/C14H15NO5S/c1-15(2)21(18,19)12-6-4-5-9-10(14(16)17)7-8-11(20-3)13(9)12/h4-8H,1-3H3,(H,16,17). The Balaban J connectivity index is 2.99. The molecular weight excluding hydrogens is 294 g/mol. The van der Waals surface area contributed by atoms with E-state index in [1.807, 2.05) is 0 Å². The molecule has 7 heteroatoms. The molecule has 0 amide bonds. The van der Waals surface area contributed by atoms with Gasteiger partial charge in [-0.2, -0.15) is 0 Å². The van der Waals surface area contributed by atoms with Gasteiger partial charge in [-0.05, 0) is 18.2 Å². The minimum absolute atomic E-state index is 0.0185. The highest BCUT2D eigenvalue weighted by atomic mass is 32.2. The molecule has 21 heavy (non-hydrogen) atoms. The third kappa shape index (κ3) is 2.45. The van der Waals surface area contributed by atoms with Gasteiger partial charge in [0.05, 0.1) is 17.6 Å². The fraction of sp³-hybridized carbons (Fsp3) is 0.214. The Morgan fingerprint density at radius 2 is 1.86 bits per heavy atom. The van der Waals surface area contributed by atoms with Gasteiger partial charge in [0.1, 0.15) is 5.75 Å². The summed E-state index contributed by atoms with van der Waals surface area (Å²) in [6.45, 7) is 0. The molecule has 0 heterocycles. The summed E-state index contributed by atoms with van der Waals surface area (Å²) in [5, 5.41) is 9.84. The van der Waals surface area contributed by atoms with Crippen molar-refractivity contribution in [2.75, 3.05) is 21.2 Å². The lowest BCUT2D eigenvalue weighted by molar-refractivity contribution is 0.0699. The van der Waals surface area contributed by atoms with Gasteiger partial charge in [-0.15, -0.1) is 0 Å². The molecule has 112 valence electrons. The molecule has 0 aliphatic rings. The predicted octanol–water partition coefficient (Wildman–Crippen LogP) is 1.80. The lowest BCUT2D eigenvalue weighted by Gasteiger charge is -2.16. The van der Waals surface area contributed by atoms with Crippen molar-refractivity contribution in [3.05, 3.63) is 35.9 Å². The normalized spacial score (nSPS) is 11.8. The van der Waals surface area contributed by atoms with E-state index in [-0.39, 0.29) is 15.8 Å². The van der Waals surface area contributed by atoms with Gasteiger partial charge in [0, 0.05) is 24.9 Å². The second-order valence-electron chi connectivity index (χ2n) is 4.59. The van der Waals surface area contributed by atoms with Crippen LogP contribution in [0.15, 0.2) is 35.2 Å². The Labute approximate surface area is 122 Å². The smallest absolute Gasteiger partial charge is 0.336 e. The molecule has 0 saturated heterocycles. The summed E-state index contributed by atoms with van der Waals surface area (Å²) in [6, 6.07) is 7.38. The van der Waals surface area contributed by atoms with Crippen molar-refractivity contribution < 1.29 is 23.1 Å². The van der Waals surface area contributed by atoms with Crippen LogP contribution in [0.25, 0.3) is 10.8 Å². The fourth-order valence-electron chi connectivity index (χ4n) is 2.11. The first-order valence-corrected chi connectivity index (χ1v) is 7.50. The largest absolute Gasteiger partial charge is 0.496 e. The van der Waals surface area contributed by atoms with Gasteiger partial charge in [-0.1, -0.05) is 12.1 Å². The third-order valence-corrected chi connectivity index (χ3v) is 5.03. The highest BCUT2D eigenvalue weighted by Gasteiger charge is 2.24. The molecule has 2 rings (SSSR count). The van der Waals surface area contributed by atoms with Gasteiger partial charge < -0.3 is 9.84 Å². The zero-order valence-corrected chi connectivity index (χ0v) is 12.6. The van der Waals surface area contributed by atoms with E-state index >= 15 is 0 Å². The zero-order valence-electron chi connectivity index (χ0n) is 11.8. The Morgan fingerprint density at radius 1 is 1.19 bits per heavy atom. The summed E-state index contributed by atoms with van der Waals surface area (Å²) in [7, 11) is 0.530. The summed E-state index contributed by atoms with van der Waals surface area (Å²) < 4.78 is 31.1. The maximum absolute atomic E-state index is 12.4. The van der Waals surface area contributed by atoms with Crippen LogP contribution in [0.2, 0.25) is 0 Å². The third-order valence-electron chi connectivity index (χ3n) is 3.17. The van der Waals surface area contributed by atoms with Crippen molar-refractivity contribution in [1.82, 2.24) is 4.31 Å². The molecule has 0 aromatic heterocycles. The highest BCUT2D eigenvalue weighted by molar-refractivity contribution is 7.89. The molecule has 6 nitrogen and oxygen atoms in total. The molecule has 0 unspecified atom stereocenters. The van der Waals surface area contributed by atoms with Gasteiger partial charge in [0.25, 0.3) is 0 Å². The number of hydrogen-bond acceptors (Lipinski definition) is 4. The lowest BCUT2D eigenvalue weighted by Crippen LogP contribution is -2.22. The Hall–Kier alpha value is -2.12. The van der Waals surface area contributed by atoms with E-state index in [4.69, 9.17) is 4.74 Å². The summed E-state index contributed by atoms with van der Waals surface area (Å²) in [5.41, 5.74) is 0.0293. The van der Waals surface area contributed by atoms with E-state index in [9.17, 15) is 18.3 Å². The Bertz CT molecular complexity index is 811. The Kier molecular flexibility index (Phi) is 3.89. The summed E-state index contributed by atoms with van der Waals surface area (Å²) in [4.78, 5) is 11.3. The van der Waals surface area contributed by atoms with Crippen LogP contribution in [-0.2, 0) is 10.0 Å². The van der Waals surface area contributed by atoms with E-state index in [0.717, 1.165) is 4.31 Å². The van der Waals surface area contributed by atoms with Crippen molar-refractivity contribution >= 4 is 26.8 Å². The number of nitrogens with zero attached hydrogens (tertiary/aromatic N) is 1. The molecular formula is C14H15NO5S. The summed E-state index contributed by atoms with van der Waals surface area (Å²) in [5.74, 6) is -0.807. The zero-order chi connectivity index (χ0) is 15.8. The quantitative estimate of drug-likeness (QED) is 0.931. The summed E-state index contributed by atoms with van der Waals surface area (Å²) >= 11 is 0. The van der Waals surface area contributed by atoms with E-state index in [2.05, 4.69) is 0 Å². The summed E-state index contributed by atoms with van der Waals surface area (Å²) in [6.07, 6.45) is 0.